The lowest BCUT2D eigenvalue weighted by Gasteiger charge is -2.18. The standard InChI is InChI=1S/C39H26/c1-3-12-26(13-4-1)30-20-11-21-32-31-23-22-28(24-29(31)25-37(30)32)39-35-18-9-7-16-33(35)38(27-14-5-2-6-15-27)34-17-8-10-19-36(34)39/h1-24H,25H2. The van der Waals surface area contributed by atoms with Crippen molar-refractivity contribution in [1.29, 1.82) is 0 Å². The SMILES string of the molecule is c1ccc(-c2cccc3c2Cc2cc(-c4c5ccccc5c(-c5ccccc5)c5ccccc45)ccc2-3)cc1. The second kappa shape index (κ2) is 8.82. The van der Waals surface area contributed by atoms with Gasteiger partial charge < -0.3 is 0 Å². The number of benzene rings is 7. The van der Waals surface area contributed by atoms with E-state index in [4.69, 9.17) is 0 Å². The summed E-state index contributed by atoms with van der Waals surface area (Å²) >= 11 is 0. The minimum atomic E-state index is 0.960. The monoisotopic (exact) mass is 494 g/mol. The molecule has 0 unspecified atom stereocenters. The Morgan fingerprint density at radius 3 is 1.46 bits per heavy atom. The van der Waals surface area contributed by atoms with Crippen LogP contribution in [-0.4, -0.2) is 0 Å². The first kappa shape index (κ1) is 22.1. The van der Waals surface area contributed by atoms with Gasteiger partial charge in [-0.15, -0.1) is 0 Å². The summed E-state index contributed by atoms with van der Waals surface area (Å²) < 4.78 is 0. The molecule has 1 aliphatic carbocycles. The molecule has 1 aliphatic rings. The summed E-state index contributed by atoms with van der Waals surface area (Å²) in [6, 6.07) is 53.3. The van der Waals surface area contributed by atoms with Crippen LogP contribution in [0.3, 0.4) is 0 Å². The Labute approximate surface area is 228 Å². The fraction of sp³-hybridized carbons (Fsp3) is 0.0256. The van der Waals surface area contributed by atoms with E-state index in [1.807, 2.05) is 0 Å². The molecule has 0 aliphatic heterocycles. The van der Waals surface area contributed by atoms with Gasteiger partial charge in [-0.25, -0.2) is 0 Å². The summed E-state index contributed by atoms with van der Waals surface area (Å²) in [7, 11) is 0. The molecule has 7 aromatic carbocycles. The van der Waals surface area contributed by atoms with Gasteiger partial charge in [-0.1, -0.05) is 146 Å². The predicted molar refractivity (Wildman–Crippen MR) is 166 cm³/mol. The van der Waals surface area contributed by atoms with Gasteiger partial charge in [0.15, 0.2) is 0 Å². The average Bonchev–Trinajstić information content (AvgIpc) is 3.38. The van der Waals surface area contributed by atoms with Crippen molar-refractivity contribution < 1.29 is 0 Å². The fourth-order valence-corrected chi connectivity index (χ4v) is 6.62. The Balaban J connectivity index is 1.35. The molecule has 0 nitrogen and oxygen atoms in total. The van der Waals surface area contributed by atoms with Crippen LogP contribution in [0.1, 0.15) is 11.1 Å². The van der Waals surface area contributed by atoms with Crippen LogP contribution < -0.4 is 0 Å². The smallest absolute Gasteiger partial charge is 0.000706 e. The van der Waals surface area contributed by atoms with Crippen molar-refractivity contribution in [3.8, 4) is 44.5 Å². The van der Waals surface area contributed by atoms with E-state index in [-0.39, 0.29) is 0 Å². The van der Waals surface area contributed by atoms with E-state index < -0.39 is 0 Å². The molecule has 0 aromatic heterocycles. The van der Waals surface area contributed by atoms with Crippen LogP contribution in [0.15, 0.2) is 146 Å². The van der Waals surface area contributed by atoms with Crippen LogP contribution in [0, 0.1) is 0 Å². The molecule has 0 amide bonds. The Bertz CT molecular complexity index is 1960. The number of fused-ring (bicyclic) bond motifs is 5. The average molecular weight is 495 g/mol. The van der Waals surface area contributed by atoms with Gasteiger partial charge in [0, 0.05) is 0 Å². The van der Waals surface area contributed by atoms with E-state index in [1.54, 1.807) is 0 Å². The topological polar surface area (TPSA) is 0 Å². The fourth-order valence-electron chi connectivity index (χ4n) is 6.62. The van der Waals surface area contributed by atoms with Crippen molar-refractivity contribution in [3.05, 3.63) is 157 Å². The number of rotatable bonds is 3. The van der Waals surface area contributed by atoms with E-state index in [1.165, 1.54) is 77.2 Å². The van der Waals surface area contributed by atoms with Gasteiger partial charge in [-0.2, -0.15) is 0 Å². The van der Waals surface area contributed by atoms with Crippen LogP contribution in [0.4, 0.5) is 0 Å². The first-order valence-corrected chi connectivity index (χ1v) is 13.7. The van der Waals surface area contributed by atoms with Crippen molar-refractivity contribution >= 4 is 21.5 Å². The predicted octanol–water partition coefficient (Wildman–Crippen LogP) is 10.6. The quantitative estimate of drug-likeness (QED) is 0.214. The van der Waals surface area contributed by atoms with E-state index >= 15 is 0 Å². The molecule has 0 fully saturated rings. The van der Waals surface area contributed by atoms with Crippen LogP contribution in [0.25, 0.3) is 66.1 Å². The van der Waals surface area contributed by atoms with Gasteiger partial charge >= 0.3 is 0 Å². The van der Waals surface area contributed by atoms with Gasteiger partial charge in [0.25, 0.3) is 0 Å². The second-order valence-corrected chi connectivity index (χ2v) is 10.5. The molecule has 39 heavy (non-hydrogen) atoms. The molecule has 0 bridgehead atoms. The van der Waals surface area contributed by atoms with Crippen molar-refractivity contribution in [2.45, 2.75) is 6.42 Å². The normalized spacial score (nSPS) is 12.0. The molecular formula is C39H26. The second-order valence-electron chi connectivity index (χ2n) is 10.5. The van der Waals surface area contributed by atoms with Gasteiger partial charge in [0.2, 0.25) is 0 Å². The van der Waals surface area contributed by atoms with Crippen molar-refractivity contribution in [3.63, 3.8) is 0 Å². The summed E-state index contributed by atoms with van der Waals surface area (Å²) in [5.74, 6) is 0. The lowest BCUT2D eigenvalue weighted by Crippen LogP contribution is -1.91. The molecule has 0 atom stereocenters. The number of hydrogen-bond donors (Lipinski definition) is 0. The maximum absolute atomic E-state index is 2.44. The van der Waals surface area contributed by atoms with Gasteiger partial charge in [0.05, 0.1) is 0 Å². The molecule has 0 saturated carbocycles. The molecule has 0 radical (unpaired) electrons. The zero-order chi connectivity index (χ0) is 25.8. The van der Waals surface area contributed by atoms with Gasteiger partial charge in [0.1, 0.15) is 0 Å². The third-order valence-electron chi connectivity index (χ3n) is 8.31. The first-order valence-electron chi connectivity index (χ1n) is 13.7. The Morgan fingerprint density at radius 2 is 0.846 bits per heavy atom. The molecule has 182 valence electrons. The molecule has 0 spiro atoms. The van der Waals surface area contributed by atoms with Crippen LogP contribution >= 0.6 is 0 Å². The summed E-state index contributed by atoms with van der Waals surface area (Å²) in [6.07, 6.45) is 0.960. The maximum Gasteiger partial charge on any atom is -0.000706 e. The lowest BCUT2D eigenvalue weighted by atomic mass is 9.85. The molecule has 0 N–H and O–H groups in total. The summed E-state index contributed by atoms with van der Waals surface area (Å²) in [6.45, 7) is 0. The Hall–Kier alpha value is -4.94. The van der Waals surface area contributed by atoms with Crippen LogP contribution in [-0.2, 0) is 6.42 Å². The summed E-state index contributed by atoms with van der Waals surface area (Å²) in [4.78, 5) is 0. The third-order valence-corrected chi connectivity index (χ3v) is 8.31. The third kappa shape index (κ3) is 3.46. The summed E-state index contributed by atoms with van der Waals surface area (Å²) in [5, 5.41) is 5.20. The highest BCUT2D eigenvalue weighted by atomic mass is 14.3. The highest BCUT2D eigenvalue weighted by Crippen LogP contribution is 2.46. The molecule has 8 rings (SSSR count). The van der Waals surface area contributed by atoms with Crippen molar-refractivity contribution in [1.82, 2.24) is 0 Å². The highest BCUT2D eigenvalue weighted by molar-refractivity contribution is 6.21. The minimum Gasteiger partial charge on any atom is -0.0622 e. The Kier molecular flexibility index (Phi) is 5.00. The largest absolute Gasteiger partial charge is 0.0622 e. The Morgan fingerprint density at radius 1 is 0.333 bits per heavy atom. The highest BCUT2D eigenvalue weighted by Gasteiger charge is 2.23. The van der Waals surface area contributed by atoms with Crippen LogP contribution in [0.5, 0.6) is 0 Å². The maximum atomic E-state index is 2.44. The van der Waals surface area contributed by atoms with Crippen molar-refractivity contribution in [2.75, 3.05) is 0 Å². The van der Waals surface area contributed by atoms with Crippen molar-refractivity contribution in [2.24, 2.45) is 0 Å². The van der Waals surface area contributed by atoms with Gasteiger partial charge in [-0.05, 0) is 83.6 Å². The first-order chi connectivity index (χ1) is 19.4. The van der Waals surface area contributed by atoms with Crippen LogP contribution in [0.2, 0.25) is 0 Å². The number of hydrogen-bond acceptors (Lipinski definition) is 0. The molecule has 0 heterocycles. The molecule has 7 aromatic rings. The molecule has 0 heteroatoms. The zero-order valence-electron chi connectivity index (χ0n) is 21.6. The minimum absolute atomic E-state index is 0.960. The summed E-state index contributed by atoms with van der Waals surface area (Å²) in [5.41, 5.74) is 13.4. The molecular weight excluding hydrogens is 468 g/mol. The van der Waals surface area contributed by atoms with Gasteiger partial charge in [-0.3, -0.25) is 0 Å². The molecule has 0 saturated heterocycles. The van der Waals surface area contributed by atoms with E-state index in [9.17, 15) is 0 Å². The van der Waals surface area contributed by atoms with E-state index in [0.29, 0.717) is 0 Å². The lowest BCUT2D eigenvalue weighted by molar-refractivity contribution is 1.26. The van der Waals surface area contributed by atoms with E-state index in [2.05, 4.69) is 146 Å². The van der Waals surface area contributed by atoms with E-state index in [0.717, 1.165) is 6.42 Å². The zero-order valence-corrected chi connectivity index (χ0v) is 21.6.